The molecular weight excluding hydrogens is 750 g/mol. The highest BCUT2D eigenvalue weighted by atomic mass is 35.5. The molecule has 3 aromatic heterocycles. The molecule has 0 radical (unpaired) electrons. The summed E-state index contributed by atoms with van der Waals surface area (Å²) in [6.45, 7) is 0. The monoisotopic (exact) mass is 773 g/mol. The molecule has 15 nitrogen and oxygen atoms in total. The highest BCUT2D eigenvalue weighted by Gasteiger charge is 2.21. The molecular formula is C30H25Cl3F3N7O8. The average molecular weight is 775 g/mol. The quantitative estimate of drug-likeness (QED) is 0.142. The van der Waals surface area contributed by atoms with E-state index in [2.05, 4.69) is 24.9 Å². The maximum Gasteiger partial charge on any atom is 0.326 e. The van der Waals surface area contributed by atoms with Gasteiger partial charge in [0.25, 0.3) is 5.56 Å². The van der Waals surface area contributed by atoms with Gasteiger partial charge in [0, 0.05) is 18.2 Å². The molecule has 6 rings (SSSR count). The maximum absolute atomic E-state index is 14.1. The summed E-state index contributed by atoms with van der Waals surface area (Å²) in [5.41, 5.74) is 4.64. The van der Waals surface area contributed by atoms with Crippen LogP contribution in [0.15, 0.2) is 27.8 Å². The minimum atomic E-state index is -0.876. The average Bonchev–Trinajstić information content (AvgIpc) is 3.07. The van der Waals surface area contributed by atoms with Gasteiger partial charge in [0.1, 0.15) is 16.4 Å². The number of benzene rings is 3. The van der Waals surface area contributed by atoms with E-state index in [1.165, 1.54) is 60.9 Å². The number of methoxy groups -OCH3 is 6. The maximum atomic E-state index is 14.1. The SMILES string of the molecule is COc1cc2[nH]c(=O)[nH]c(=O)c2c(F)c1OC.COc1cc2nc(Cl)nc(Cl)c2c(F)c1OC.COc1cc2nc(Cl)nc(N)c2c(F)c1OC. The molecule has 51 heavy (non-hydrogen) atoms. The Morgan fingerprint density at radius 3 is 1.51 bits per heavy atom. The van der Waals surface area contributed by atoms with Crippen molar-refractivity contribution in [3.05, 3.63) is 72.2 Å². The molecule has 0 aliphatic heterocycles. The number of aromatic amines is 2. The first-order chi connectivity index (χ1) is 24.2. The summed E-state index contributed by atoms with van der Waals surface area (Å²) in [6.07, 6.45) is 0. The molecule has 0 unspecified atom stereocenters. The van der Waals surface area contributed by atoms with Crippen molar-refractivity contribution in [1.29, 1.82) is 0 Å². The molecule has 3 aromatic carbocycles. The predicted octanol–water partition coefficient (Wildman–Crippen LogP) is 5.49. The van der Waals surface area contributed by atoms with Crippen LogP contribution in [-0.4, -0.2) is 72.6 Å². The van der Waals surface area contributed by atoms with Crippen LogP contribution in [0.3, 0.4) is 0 Å². The lowest BCUT2D eigenvalue weighted by Gasteiger charge is -2.11. The Bertz CT molecular complexity index is 2300. The van der Waals surface area contributed by atoms with Crippen LogP contribution < -0.4 is 45.4 Å². The van der Waals surface area contributed by atoms with Gasteiger partial charge in [-0.2, -0.15) is 0 Å². The molecule has 0 atom stereocenters. The zero-order valence-electron chi connectivity index (χ0n) is 27.1. The smallest absolute Gasteiger partial charge is 0.326 e. The highest BCUT2D eigenvalue weighted by Crippen LogP contribution is 2.39. The lowest BCUT2D eigenvalue weighted by molar-refractivity contribution is 0.339. The van der Waals surface area contributed by atoms with Crippen LogP contribution in [0.5, 0.6) is 34.5 Å². The highest BCUT2D eigenvalue weighted by molar-refractivity contribution is 6.35. The van der Waals surface area contributed by atoms with Crippen LogP contribution in [-0.2, 0) is 0 Å². The van der Waals surface area contributed by atoms with Crippen molar-refractivity contribution in [3.8, 4) is 34.5 Å². The predicted molar refractivity (Wildman–Crippen MR) is 183 cm³/mol. The standard InChI is InChI=1S/C10H7Cl2FN2O2.C10H9ClFN3O2.C10H9FN2O4/c1-16-5-3-4-6(7(13)8(5)17-2)9(11)15-10(12)14-4;1-16-5-3-4-6(7(12)8(5)17-2)9(13)15-10(11)14-4;1-16-5-3-4-6(7(11)8(5)17-2)9(14)13-10(15)12-4/h3H,1-2H3;3H,1-2H3,(H2,13,14,15);3H,1-2H3,(H2,12,13,14,15). The molecule has 0 bridgehead atoms. The Balaban J connectivity index is 0.000000172. The van der Waals surface area contributed by atoms with Crippen molar-refractivity contribution in [2.75, 3.05) is 48.4 Å². The zero-order chi connectivity index (χ0) is 37.7. The summed E-state index contributed by atoms with van der Waals surface area (Å²) in [5, 5.41) is -0.350. The van der Waals surface area contributed by atoms with Gasteiger partial charge in [0.05, 0.1) is 70.0 Å². The Morgan fingerprint density at radius 1 is 0.588 bits per heavy atom. The normalized spacial score (nSPS) is 10.6. The van der Waals surface area contributed by atoms with Crippen molar-refractivity contribution in [3.63, 3.8) is 0 Å². The van der Waals surface area contributed by atoms with Gasteiger partial charge in [0.2, 0.25) is 10.6 Å². The zero-order valence-corrected chi connectivity index (χ0v) is 29.4. The second-order valence-corrected chi connectivity index (χ2v) is 10.6. The molecule has 0 aliphatic rings. The molecule has 3 heterocycles. The minimum Gasteiger partial charge on any atom is -0.493 e. The number of nitrogens with one attached hydrogen (secondary N) is 2. The fourth-order valence-corrected chi connectivity index (χ4v) is 5.28. The molecule has 21 heteroatoms. The molecule has 0 amide bonds. The van der Waals surface area contributed by atoms with Gasteiger partial charge in [-0.1, -0.05) is 11.6 Å². The van der Waals surface area contributed by atoms with Gasteiger partial charge in [-0.25, -0.2) is 37.9 Å². The van der Waals surface area contributed by atoms with Crippen molar-refractivity contribution in [2.45, 2.75) is 0 Å². The minimum absolute atomic E-state index is 0.0431. The van der Waals surface area contributed by atoms with E-state index in [4.69, 9.17) is 69.0 Å². The van der Waals surface area contributed by atoms with E-state index in [1.807, 2.05) is 4.98 Å². The van der Waals surface area contributed by atoms with Crippen molar-refractivity contribution in [1.82, 2.24) is 29.9 Å². The number of nitrogens with zero attached hydrogens (tertiary/aromatic N) is 4. The summed E-state index contributed by atoms with van der Waals surface area (Å²) in [4.78, 5) is 41.9. The van der Waals surface area contributed by atoms with Gasteiger partial charge in [0.15, 0.2) is 51.9 Å². The van der Waals surface area contributed by atoms with Crippen molar-refractivity contribution < 1.29 is 41.6 Å². The number of rotatable bonds is 6. The molecule has 0 aliphatic carbocycles. The van der Waals surface area contributed by atoms with E-state index in [1.54, 1.807) is 0 Å². The molecule has 270 valence electrons. The lowest BCUT2D eigenvalue weighted by Crippen LogP contribution is -2.22. The van der Waals surface area contributed by atoms with Crippen LogP contribution in [0.1, 0.15) is 0 Å². The molecule has 4 N–H and O–H groups in total. The number of anilines is 1. The molecule has 6 aromatic rings. The number of aromatic nitrogens is 6. The molecule has 0 fully saturated rings. The summed E-state index contributed by atoms with van der Waals surface area (Å²) in [6, 6.07) is 4.30. The molecule has 0 saturated carbocycles. The van der Waals surface area contributed by atoms with E-state index in [-0.39, 0.29) is 88.7 Å². The number of fused-ring (bicyclic) bond motifs is 3. The second kappa shape index (κ2) is 16.0. The largest absolute Gasteiger partial charge is 0.493 e. The topological polar surface area (TPSA) is 199 Å². The Hall–Kier alpha value is -5.46. The Kier molecular flexibility index (Phi) is 12.1. The summed E-state index contributed by atoms with van der Waals surface area (Å²) in [7, 11) is 8.04. The third-order valence-electron chi connectivity index (χ3n) is 6.79. The van der Waals surface area contributed by atoms with E-state index in [9.17, 15) is 22.8 Å². The van der Waals surface area contributed by atoms with E-state index in [0.717, 1.165) is 0 Å². The summed E-state index contributed by atoms with van der Waals surface area (Å²) in [5.74, 6) is -2.02. The van der Waals surface area contributed by atoms with Crippen LogP contribution in [0.2, 0.25) is 15.7 Å². The third-order valence-corrected chi connectivity index (χ3v) is 7.40. The number of ether oxygens (including phenoxy) is 6. The third kappa shape index (κ3) is 7.67. The van der Waals surface area contributed by atoms with Crippen molar-refractivity contribution in [2.24, 2.45) is 0 Å². The van der Waals surface area contributed by atoms with Crippen LogP contribution in [0.4, 0.5) is 19.0 Å². The van der Waals surface area contributed by atoms with E-state index >= 15 is 0 Å². The van der Waals surface area contributed by atoms with Gasteiger partial charge in [-0.15, -0.1) is 0 Å². The number of hydrogen-bond acceptors (Lipinski definition) is 13. The number of nitrogen functional groups attached to an aromatic ring is 1. The van der Waals surface area contributed by atoms with Gasteiger partial charge in [-0.05, 0) is 23.2 Å². The van der Waals surface area contributed by atoms with Crippen LogP contribution in [0.25, 0.3) is 32.7 Å². The fraction of sp³-hybridized carbons (Fsp3) is 0.200. The Labute approximate surface area is 299 Å². The first kappa shape index (κ1) is 38.3. The first-order valence-electron chi connectivity index (χ1n) is 13.8. The first-order valence-corrected chi connectivity index (χ1v) is 14.9. The Morgan fingerprint density at radius 2 is 1.02 bits per heavy atom. The van der Waals surface area contributed by atoms with Crippen LogP contribution >= 0.6 is 34.8 Å². The number of hydrogen-bond donors (Lipinski definition) is 3. The lowest BCUT2D eigenvalue weighted by atomic mass is 10.2. The number of nitrogens with two attached hydrogens (primary N) is 1. The second-order valence-electron chi connectivity index (χ2n) is 9.56. The van der Waals surface area contributed by atoms with Gasteiger partial charge >= 0.3 is 5.69 Å². The molecule has 0 spiro atoms. The van der Waals surface area contributed by atoms with E-state index < -0.39 is 28.7 Å². The fourth-order valence-electron chi connectivity index (χ4n) is 4.62. The summed E-state index contributed by atoms with van der Waals surface area (Å²) < 4.78 is 71.7. The summed E-state index contributed by atoms with van der Waals surface area (Å²) >= 11 is 17.1. The number of H-pyrrole nitrogens is 2. The van der Waals surface area contributed by atoms with Crippen LogP contribution in [0, 0.1) is 17.5 Å². The van der Waals surface area contributed by atoms with Gasteiger partial charge in [-0.3, -0.25) is 9.78 Å². The van der Waals surface area contributed by atoms with Gasteiger partial charge < -0.3 is 39.1 Å². The van der Waals surface area contributed by atoms with Crippen molar-refractivity contribution >= 4 is 73.3 Å². The van der Waals surface area contributed by atoms with E-state index in [0.29, 0.717) is 0 Å². The molecule has 0 saturated heterocycles. The number of halogens is 6.